The predicted molar refractivity (Wildman–Crippen MR) is 124 cm³/mol. The number of benzene rings is 1. The summed E-state index contributed by atoms with van der Waals surface area (Å²) in [5.41, 5.74) is 3.85. The number of rotatable bonds is 7. The van der Waals surface area contributed by atoms with Crippen LogP contribution in [0.1, 0.15) is 80.1 Å². The van der Waals surface area contributed by atoms with E-state index in [-0.39, 0.29) is 18.2 Å². The van der Waals surface area contributed by atoms with Gasteiger partial charge in [0.2, 0.25) is 0 Å². The Morgan fingerprint density at radius 3 is 2.25 bits per heavy atom. The minimum atomic E-state index is -0.470. The van der Waals surface area contributed by atoms with Crippen LogP contribution in [0, 0.1) is 26.7 Å². The minimum absolute atomic E-state index is 0.00445. The number of ketones is 1. The normalized spacial score (nSPS) is 14.3. The summed E-state index contributed by atoms with van der Waals surface area (Å²) in [5.74, 6) is -0.332. The molecule has 0 radical (unpaired) electrons. The molecule has 172 valence electrons. The fourth-order valence-corrected chi connectivity index (χ4v) is 4.81. The van der Waals surface area contributed by atoms with Gasteiger partial charge in [0.1, 0.15) is 5.69 Å². The number of hydrogen-bond donors (Lipinski definition) is 0. The van der Waals surface area contributed by atoms with Crippen molar-refractivity contribution in [2.75, 3.05) is 20.2 Å². The highest BCUT2D eigenvalue weighted by molar-refractivity contribution is 6.06. The van der Waals surface area contributed by atoms with E-state index in [2.05, 4.69) is 0 Å². The summed E-state index contributed by atoms with van der Waals surface area (Å²) in [4.78, 5) is 40.8. The van der Waals surface area contributed by atoms with Gasteiger partial charge in [0.15, 0.2) is 5.78 Å². The first kappa shape index (κ1) is 23.8. The van der Waals surface area contributed by atoms with Crippen molar-refractivity contribution in [2.24, 2.45) is 13.0 Å². The quantitative estimate of drug-likeness (QED) is 0.466. The molecule has 0 atom stereocenters. The second kappa shape index (κ2) is 10.2. The van der Waals surface area contributed by atoms with Crippen molar-refractivity contribution in [1.29, 1.82) is 0 Å². The Morgan fingerprint density at radius 2 is 1.66 bits per heavy atom. The lowest BCUT2D eigenvalue weighted by atomic mass is 9.88. The third kappa shape index (κ3) is 4.95. The number of amides is 1. The van der Waals surface area contributed by atoms with Crippen molar-refractivity contribution < 1.29 is 19.1 Å². The van der Waals surface area contributed by atoms with Gasteiger partial charge < -0.3 is 14.2 Å². The second-order valence-electron chi connectivity index (χ2n) is 8.96. The third-order valence-electron chi connectivity index (χ3n) is 6.71. The molecule has 1 heterocycles. The fraction of sp³-hybridized carbons (Fsp3) is 0.500. The van der Waals surface area contributed by atoms with Crippen molar-refractivity contribution in [3.8, 4) is 0 Å². The van der Waals surface area contributed by atoms with Gasteiger partial charge in [0.25, 0.3) is 5.91 Å². The van der Waals surface area contributed by atoms with E-state index in [1.54, 1.807) is 23.4 Å². The maximum absolute atomic E-state index is 13.4. The zero-order chi connectivity index (χ0) is 23.4. The average molecular weight is 439 g/mol. The topological polar surface area (TPSA) is 68.6 Å². The number of Topliss-reactive ketones (excluding diaryl/α,β-unsaturated/α-hetero) is 1. The van der Waals surface area contributed by atoms with Crippen LogP contribution in [-0.4, -0.2) is 47.3 Å². The molecule has 1 aliphatic rings. The van der Waals surface area contributed by atoms with Crippen LogP contribution in [0.4, 0.5) is 0 Å². The van der Waals surface area contributed by atoms with Crippen LogP contribution >= 0.6 is 0 Å². The fourth-order valence-electron chi connectivity index (χ4n) is 4.81. The maximum Gasteiger partial charge on any atom is 0.354 e. The molecule has 0 unspecified atom stereocenters. The van der Waals surface area contributed by atoms with Gasteiger partial charge in [-0.3, -0.25) is 9.59 Å². The molecule has 6 nitrogen and oxygen atoms in total. The molecule has 1 saturated carbocycles. The highest BCUT2D eigenvalue weighted by Gasteiger charge is 2.29. The lowest BCUT2D eigenvalue weighted by Crippen LogP contribution is -2.40. The summed E-state index contributed by atoms with van der Waals surface area (Å²) in [7, 11) is 3.08. The highest BCUT2D eigenvalue weighted by atomic mass is 16.5. The summed E-state index contributed by atoms with van der Waals surface area (Å²) >= 11 is 0. The molecule has 3 rings (SSSR count). The molecule has 32 heavy (non-hydrogen) atoms. The first-order chi connectivity index (χ1) is 15.2. The number of hydrogen-bond acceptors (Lipinski definition) is 4. The molecule has 6 heteroatoms. The summed E-state index contributed by atoms with van der Waals surface area (Å²) < 4.78 is 6.59. The third-order valence-corrected chi connectivity index (χ3v) is 6.71. The molecule has 0 bridgehead atoms. The average Bonchev–Trinajstić information content (AvgIpc) is 3.01. The first-order valence-electron chi connectivity index (χ1n) is 11.4. The predicted octanol–water partition coefficient (Wildman–Crippen LogP) is 4.64. The largest absolute Gasteiger partial charge is 0.464 e. The highest BCUT2D eigenvalue weighted by Crippen LogP contribution is 2.27. The van der Waals surface area contributed by atoms with Crippen molar-refractivity contribution in [3.05, 3.63) is 57.9 Å². The van der Waals surface area contributed by atoms with Gasteiger partial charge >= 0.3 is 5.97 Å². The van der Waals surface area contributed by atoms with Gasteiger partial charge in [-0.05, 0) is 57.2 Å². The van der Waals surface area contributed by atoms with Crippen LogP contribution in [0.5, 0.6) is 0 Å². The van der Waals surface area contributed by atoms with E-state index in [0.29, 0.717) is 40.5 Å². The molecule has 2 aromatic rings. The minimum Gasteiger partial charge on any atom is -0.464 e. The molecule has 1 aromatic carbocycles. The molecular weight excluding hydrogens is 404 g/mol. The van der Waals surface area contributed by atoms with Crippen molar-refractivity contribution in [1.82, 2.24) is 9.47 Å². The summed E-state index contributed by atoms with van der Waals surface area (Å²) in [6.07, 6.45) is 5.75. The Kier molecular flexibility index (Phi) is 7.54. The molecule has 0 N–H and O–H groups in total. The molecule has 1 aromatic heterocycles. The molecular formula is C26H34N2O4. The van der Waals surface area contributed by atoms with Crippen molar-refractivity contribution in [3.63, 3.8) is 0 Å². The number of ether oxygens (including phenoxy) is 1. The van der Waals surface area contributed by atoms with Crippen LogP contribution < -0.4 is 0 Å². The Hall–Kier alpha value is -2.89. The van der Waals surface area contributed by atoms with E-state index in [1.807, 2.05) is 38.1 Å². The van der Waals surface area contributed by atoms with E-state index < -0.39 is 5.97 Å². The second-order valence-corrected chi connectivity index (χ2v) is 8.96. The number of esters is 1. The number of carbonyl (C=O) groups excluding carboxylic acids is 3. The van der Waals surface area contributed by atoms with Crippen LogP contribution in [0.15, 0.2) is 24.3 Å². The van der Waals surface area contributed by atoms with Gasteiger partial charge in [-0.25, -0.2) is 4.79 Å². The summed E-state index contributed by atoms with van der Waals surface area (Å²) in [6.45, 7) is 6.14. The lowest BCUT2D eigenvalue weighted by molar-refractivity contribution is 0.0588. The van der Waals surface area contributed by atoms with E-state index in [9.17, 15) is 14.4 Å². The number of aromatic nitrogens is 1. The molecule has 1 fully saturated rings. The van der Waals surface area contributed by atoms with E-state index in [0.717, 1.165) is 18.4 Å². The first-order valence-corrected chi connectivity index (χ1v) is 11.4. The van der Waals surface area contributed by atoms with Gasteiger partial charge in [0, 0.05) is 30.4 Å². The van der Waals surface area contributed by atoms with E-state index >= 15 is 0 Å². The van der Waals surface area contributed by atoms with E-state index in [1.165, 1.54) is 26.4 Å². The Labute approximate surface area is 190 Å². The number of nitrogens with zero attached hydrogens (tertiary/aromatic N) is 2. The Morgan fingerprint density at radius 1 is 1.03 bits per heavy atom. The molecule has 1 amide bonds. The van der Waals surface area contributed by atoms with Crippen LogP contribution in [0.3, 0.4) is 0 Å². The van der Waals surface area contributed by atoms with Gasteiger partial charge in [-0.2, -0.15) is 0 Å². The Bertz CT molecular complexity index is 998. The molecule has 0 spiro atoms. The summed E-state index contributed by atoms with van der Waals surface area (Å²) in [6, 6.07) is 7.48. The summed E-state index contributed by atoms with van der Waals surface area (Å²) in [5, 5.41) is 0. The van der Waals surface area contributed by atoms with Crippen LogP contribution in [-0.2, 0) is 11.8 Å². The van der Waals surface area contributed by atoms with Gasteiger partial charge in [-0.1, -0.05) is 37.0 Å². The molecule has 1 aliphatic carbocycles. The van der Waals surface area contributed by atoms with Crippen LogP contribution in [0.25, 0.3) is 0 Å². The lowest BCUT2D eigenvalue weighted by Gasteiger charge is -2.29. The van der Waals surface area contributed by atoms with Gasteiger partial charge in [-0.15, -0.1) is 0 Å². The standard InChI is InChI=1S/C26H34N2O4/c1-17-11-13-21(14-12-17)25(30)28(15-20-9-7-6-8-10-20)16-22(29)23-18(2)24(26(31)32-5)27(4)19(23)3/h11-14,20H,6-10,15-16H2,1-5H3. The Balaban J connectivity index is 1.90. The smallest absolute Gasteiger partial charge is 0.354 e. The van der Waals surface area contributed by atoms with Gasteiger partial charge in [0.05, 0.1) is 13.7 Å². The monoisotopic (exact) mass is 438 g/mol. The number of aryl methyl sites for hydroxylation is 1. The zero-order valence-corrected chi connectivity index (χ0v) is 19.9. The van der Waals surface area contributed by atoms with E-state index in [4.69, 9.17) is 4.74 Å². The van der Waals surface area contributed by atoms with Crippen molar-refractivity contribution in [2.45, 2.75) is 52.9 Å². The number of methoxy groups -OCH3 is 1. The molecule has 0 saturated heterocycles. The number of carbonyl (C=O) groups is 3. The van der Waals surface area contributed by atoms with Crippen LogP contribution in [0.2, 0.25) is 0 Å². The van der Waals surface area contributed by atoms with Crippen molar-refractivity contribution >= 4 is 17.7 Å². The molecule has 0 aliphatic heterocycles. The maximum atomic E-state index is 13.4. The SMILES string of the molecule is COC(=O)c1c(C)c(C(=O)CN(CC2CCCCC2)C(=O)c2ccc(C)cc2)c(C)n1C. The zero-order valence-electron chi connectivity index (χ0n) is 19.9.